The second-order valence-corrected chi connectivity index (χ2v) is 6.76. The Morgan fingerprint density at radius 3 is 2.91 bits per heavy atom. The Balaban J connectivity index is 1.94. The van der Waals surface area contributed by atoms with Crippen LogP contribution in [0.4, 0.5) is 10.5 Å². The first-order valence-corrected chi connectivity index (χ1v) is 8.15. The van der Waals surface area contributed by atoms with E-state index < -0.39 is 6.10 Å². The topological polar surface area (TPSA) is 70.4 Å². The second-order valence-electron chi connectivity index (χ2n) is 6.76. The summed E-state index contributed by atoms with van der Waals surface area (Å²) in [5, 5.41) is 17.2. The van der Waals surface area contributed by atoms with Crippen molar-refractivity contribution in [3.05, 3.63) is 11.9 Å². The Kier molecular flexibility index (Phi) is 5.45. The van der Waals surface area contributed by atoms with Gasteiger partial charge in [0.15, 0.2) is 0 Å². The van der Waals surface area contributed by atoms with Crippen LogP contribution in [0.5, 0.6) is 0 Å². The highest BCUT2D eigenvalue weighted by molar-refractivity contribution is 5.89. The predicted molar refractivity (Wildman–Crippen MR) is 86.8 cm³/mol. The first kappa shape index (κ1) is 16.8. The average molecular weight is 308 g/mol. The maximum atomic E-state index is 12.3. The van der Waals surface area contributed by atoms with Crippen molar-refractivity contribution in [3.63, 3.8) is 0 Å². The van der Waals surface area contributed by atoms with E-state index in [2.05, 4.69) is 24.3 Å². The molecule has 6 heteroatoms. The first-order chi connectivity index (χ1) is 10.4. The van der Waals surface area contributed by atoms with Gasteiger partial charge in [-0.05, 0) is 31.6 Å². The van der Waals surface area contributed by atoms with Crippen LogP contribution in [-0.4, -0.2) is 45.0 Å². The molecule has 1 aromatic heterocycles. The molecule has 0 spiro atoms. The number of amides is 2. The lowest BCUT2D eigenvalue weighted by Gasteiger charge is -2.34. The number of aryl methyl sites for hydroxylation is 1. The van der Waals surface area contributed by atoms with Gasteiger partial charge in [0, 0.05) is 19.6 Å². The molecule has 0 aliphatic carbocycles. The highest BCUT2D eigenvalue weighted by Crippen LogP contribution is 2.20. The summed E-state index contributed by atoms with van der Waals surface area (Å²) in [4.78, 5) is 14.0. The van der Waals surface area contributed by atoms with E-state index in [1.165, 1.54) is 0 Å². The summed E-state index contributed by atoms with van der Waals surface area (Å²) in [6.07, 6.45) is 3.17. The van der Waals surface area contributed by atoms with Crippen molar-refractivity contribution in [1.82, 2.24) is 14.7 Å². The number of anilines is 1. The summed E-state index contributed by atoms with van der Waals surface area (Å²) >= 11 is 0. The summed E-state index contributed by atoms with van der Waals surface area (Å²) in [5.41, 5.74) is 1.72. The van der Waals surface area contributed by atoms with E-state index in [4.69, 9.17) is 0 Å². The van der Waals surface area contributed by atoms with Crippen molar-refractivity contribution in [2.45, 2.75) is 53.2 Å². The standard InChI is InChI=1S/C16H28N4O2/c1-11(2)5-8-20-13(4)14(9-17-20)18-16(22)19-7-6-12(3)15(21)10-19/h9,11-12,15,21H,5-8,10H2,1-4H3,(H,18,22). The third-order valence-electron chi connectivity index (χ3n) is 4.47. The number of aliphatic hydroxyl groups is 1. The molecule has 0 aromatic carbocycles. The van der Waals surface area contributed by atoms with Crippen LogP contribution in [0.1, 0.15) is 39.3 Å². The van der Waals surface area contributed by atoms with Gasteiger partial charge in [0.05, 0.1) is 23.7 Å². The van der Waals surface area contributed by atoms with Gasteiger partial charge in [0.25, 0.3) is 0 Å². The fourth-order valence-corrected chi connectivity index (χ4v) is 2.60. The number of hydrogen-bond donors (Lipinski definition) is 2. The lowest BCUT2D eigenvalue weighted by Crippen LogP contribution is -2.47. The molecule has 2 unspecified atom stereocenters. The Morgan fingerprint density at radius 1 is 1.55 bits per heavy atom. The molecule has 0 bridgehead atoms. The first-order valence-electron chi connectivity index (χ1n) is 8.15. The van der Waals surface area contributed by atoms with E-state index in [1.807, 2.05) is 18.5 Å². The van der Waals surface area contributed by atoms with Crippen molar-refractivity contribution in [3.8, 4) is 0 Å². The minimum atomic E-state index is -0.436. The number of urea groups is 1. The number of likely N-dealkylation sites (tertiary alicyclic amines) is 1. The highest BCUT2D eigenvalue weighted by atomic mass is 16.3. The Hall–Kier alpha value is -1.56. The predicted octanol–water partition coefficient (Wildman–Crippen LogP) is 2.47. The molecule has 1 fully saturated rings. The Morgan fingerprint density at radius 2 is 2.27 bits per heavy atom. The highest BCUT2D eigenvalue weighted by Gasteiger charge is 2.27. The number of carbonyl (C=O) groups excluding carboxylic acids is 1. The molecular weight excluding hydrogens is 280 g/mol. The summed E-state index contributed by atoms with van der Waals surface area (Å²) < 4.78 is 1.93. The minimum absolute atomic E-state index is 0.155. The van der Waals surface area contributed by atoms with E-state index in [9.17, 15) is 9.90 Å². The number of aliphatic hydroxyl groups excluding tert-OH is 1. The quantitative estimate of drug-likeness (QED) is 0.897. The van der Waals surface area contributed by atoms with Crippen LogP contribution in [0.25, 0.3) is 0 Å². The van der Waals surface area contributed by atoms with E-state index in [-0.39, 0.29) is 11.9 Å². The number of hydrogen-bond acceptors (Lipinski definition) is 3. The van der Waals surface area contributed by atoms with E-state index in [0.29, 0.717) is 19.0 Å². The van der Waals surface area contributed by atoms with Gasteiger partial charge in [-0.25, -0.2) is 4.79 Å². The van der Waals surface area contributed by atoms with E-state index >= 15 is 0 Å². The molecule has 2 amide bonds. The van der Waals surface area contributed by atoms with Gasteiger partial charge in [-0.2, -0.15) is 5.10 Å². The monoisotopic (exact) mass is 308 g/mol. The molecular formula is C16H28N4O2. The van der Waals surface area contributed by atoms with Crippen molar-refractivity contribution in [2.24, 2.45) is 11.8 Å². The molecule has 0 radical (unpaired) electrons. The van der Waals surface area contributed by atoms with Gasteiger partial charge in [0.1, 0.15) is 0 Å². The van der Waals surface area contributed by atoms with Crippen molar-refractivity contribution < 1.29 is 9.90 Å². The van der Waals surface area contributed by atoms with E-state index in [1.54, 1.807) is 11.1 Å². The van der Waals surface area contributed by atoms with Crippen LogP contribution < -0.4 is 5.32 Å². The zero-order chi connectivity index (χ0) is 16.3. The molecule has 124 valence electrons. The van der Waals surface area contributed by atoms with Gasteiger partial charge in [-0.3, -0.25) is 4.68 Å². The van der Waals surface area contributed by atoms with Crippen LogP contribution in [-0.2, 0) is 6.54 Å². The van der Waals surface area contributed by atoms with Gasteiger partial charge < -0.3 is 15.3 Å². The fourth-order valence-electron chi connectivity index (χ4n) is 2.60. The van der Waals surface area contributed by atoms with Crippen LogP contribution >= 0.6 is 0 Å². The van der Waals surface area contributed by atoms with Crippen LogP contribution in [0, 0.1) is 18.8 Å². The maximum absolute atomic E-state index is 12.3. The molecule has 2 N–H and O–H groups in total. The zero-order valence-electron chi connectivity index (χ0n) is 14.0. The summed E-state index contributed by atoms with van der Waals surface area (Å²) in [7, 11) is 0. The number of nitrogens with one attached hydrogen (secondary N) is 1. The molecule has 1 aliphatic rings. The van der Waals surface area contributed by atoms with Crippen LogP contribution in [0.2, 0.25) is 0 Å². The number of β-amino-alcohol motifs (C(OH)–C–C–N with tert-alkyl or cyclic N) is 1. The molecule has 22 heavy (non-hydrogen) atoms. The number of piperidine rings is 1. The van der Waals surface area contributed by atoms with Gasteiger partial charge in [-0.15, -0.1) is 0 Å². The Labute approximate surface area is 132 Å². The lowest BCUT2D eigenvalue weighted by atomic mass is 9.96. The average Bonchev–Trinajstić information content (AvgIpc) is 2.80. The van der Waals surface area contributed by atoms with Crippen LogP contribution in [0.15, 0.2) is 6.20 Å². The summed E-state index contributed by atoms with van der Waals surface area (Å²) in [5.74, 6) is 0.878. The molecule has 2 heterocycles. The van der Waals surface area contributed by atoms with Crippen LogP contribution in [0.3, 0.4) is 0 Å². The third kappa shape index (κ3) is 4.00. The number of carbonyl (C=O) groups is 1. The van der Waals surface area contributed by atoms with Crippen molar-refractivity contribution in [1.29, 1.82) is 0 Å². The number of aromatic nitrogens is 2. The summed E-state index contributed by atoms with van der Waals surface area (Å²) in [6, 6.07) is -0.155. The van der Waals surface area contributed by atoms with Gasteiger partial charge in [-0.1, -0.05) is 20.8 Å². The maximum Gasteiger partial charge on any atom is 0.322 e. The minimum Gasteiger partial charge on any atom is -0.391 e. The molecule has 1 aromatic rings. The molecule has 2 rings (SSSR count). The molecule has 0 saturated carbocycles. The number of rotatable bonds is 4. The smallest absolute Gasteiger partial charge is 0.322 e. The summed E-state index contributed by atoms with van der Waals surface area (Å²) in [6.45, 7) is 10.3. The molecule has 6 nitrogen and oxygen atoms in total. The SMILES string of the molecule is Cc1c(NC(=O)N2CCC(C)C(O)C2)cnn1CCC(C)C. The largest absolute Gasteiger partial charge is 0.391 e. The van der Waals surface area contributed by atoms with Crippen molar-refractivity contribution >= 4 is 11.7 Å². The normalized spacial score (nSPS) is 22.2. The van der Waals surface area contributed by atoms with Gasteiger partial charge >= 0.3 is 6.03 Å². The van der Waals surface area contributed by atoms with Gasteiger partial charge in [0.2, 0.25) is 0 Å². The number of nitrogens with zero attached hydrogens (tertiary/aromatic N) is 3. The molecule has 1 aliphatic heterocycles. The molecule has 2 atom stereocenters. The zero-order valence-corrected chi connectivity index (χ0v) is 14.0. The van der Waals surface area contributed by atoms with E-state index in [0.717, 1.165) is 30.8 Å². The Bertz CT molecular complexity index is 512. The van der Waals surface area contributed by atoms with Crippen molar-refractivity contribution in [2.75, 3.05) is 18.4 Å². The lowest BCUT2D eigenvalue weighted by molar-refractivity contribution is 0.0464. The fraction of sp³-hybridized carbons (Fsp3) is 0.750. The molecule has 1 saturated heterocycles. The second kappa shape index (κ2) is 7.13. The third-order valence-corrected chi connectivity index (χ3v) is 4.47.